The van der Waals surface area contributed by atoms with Crippen LogP contribution in [0, 0.1) is 37.5 Å². The van der Waals surface area contributed by atoms with E-state index in [2.05, 4.69) is 0 Å². The molecule has 86 valence electrons. The highest BCUT2D eigenvalue weighted by Crippen LogP contribution is 2.30. The van der Waals surface area contributed by atoms with Gasteiger partial charge in [-0.25, -0.2) is 0 Å². The van der Waals surface area contributed by atoms with E-state index < -0.39 is 22.3 Å². The smallest absolute Gasteiger partial charge is 0.247 e. The number of allylic oxidation sites excluding steroid dienone is 1. The standard InChI is InChI=1S/C9H11N3O4/c10-5-7(6-11(13)14)8-3-1-2-4-9(8)12(15)16/h7H,1-4,6H2. The van der Waals surface area contributed by atoms with Crippen molar-refractivity contribution in [1.29, 1.82) is 5.26 Å². The molecule has 1 unspecified atom stereocenters. The maximum absolute atomic E-state index is 10.7. The van der Waals surface area contributed by atoms with Crippen LogP contribution in [0.25, 0.3) is 0 Å². The normalized spacial score (nSPS) is 17.7. The summed E-state index contributed by atoms with van der Waals surface area (Å²) in [6.07, 6.45) is 2.18. The van der Waals surface area contributed by atoms with Crippen molar-refractivity contribution in [3.05, 3.63) is 31.5 Å². The Morgan fingerprint density at radius 1 is 1.31 bits per heavy atom. The summed E-state index contributed by atoms with van der Waals surface area (Å²) in [7, 11) is 0. The lowest BCUT2D eigenvalue weighted by molar-refractivity contribution is -0.484. The van der Waals surface area contributed by atoms with E-state index in [1.807, 2.05) is 0 Å². The van der Waals surface area contributed by atoms with Gasteiger partial charge in [-0.15, -0.1) is 0 Å². The van der Waals surface area contributed by atoms with E-state index in [1.54, 1.807) is 6.07 Å². The van der Waals surface area contributed by atoms with Gasteiger partial charge in [-0.3, -0.25) is 20.2 Å². The lowest BCUT2D eigenvalue weighted by Gasteiger charge is -2.15. The molecule has 0 saturated heterocycles. The van der Waals surface area contributed by atoms with Crippen molar-refractivity contribution in [1.82, 2.24) is 0 Å². The van der Waals surface area contributed by atoms with E-state index in [0.29, 0.717) is 24.8 Å². The van der Waals surface area contributed by atoms with Crippen molar-refractivity contribution in [3.8, 4) is 6.07 Å². The minimum Gasteiger partial charge on any atom is -0.264 e. The molecule has 1 rings (SSSR count). The predicted molar refractivity (Wildman–Crippen MR) is 53.5 cm³/mol. The molecule has 0 radical (unpaired) electrons. The van der Waals surface area contributed by atoms with E-state index in [4.69, 9.17) is 5.26 Å². The van der Waals surface area contributed by atoms with Gasteiger partial charge in [0, 0.05) is 16.9 Å². The van der Waals surface area contributed by atoms with Gasteiger partial charge in [-0.1, -0.05) is 0 Å². The molecule has 1 aliphatic rings. The second kappa shape index (κ2) is 5.21. The number of nitriles is 1. The molecule has 7 nitrogen and oxygen atoms in total. The third kappa shape index (κ3) is 2.76. The molecule has 1 aliphatic carbocycles. The van der Waals surface area contributed by atoms with Crippen LogP contribution in [0.4, 0.5) is 0 Å². The molecule has 0 aromatic heterocycles. The van der Waals surface area contributed by atoms with Gasteiger partial charge < -0.3 is 0 Å². The molecule has 0 bridgehead atoms. The zero-order valence-corrected chi connectivity index (χ0v) is 8.59. The minimum absolute atomic E-state index is 0.000324. The molecule has 0 aliphatic heterocycles. The molecule has 7 heteroatoms. The number of hydrogen-bond donors (Lipinski definition) is 0. The molecule has 0 heterocycles. The molecule has 0 aromatic rings. The molecule has 0 saturated carbocycles. The first-order valence-electron chi connectivity index (χ1n) is 4.94. The Hall–Kier alpha value is -1.97. The van der Waals surface area contributed by atoms with Gasteiger partial charge in [0.2, 0.25) is 12.2 Å². The van der Waals surface area contributed by atoms with Gasteiger partial charge >= 0.3 is 0 Å². The van der Waals surface area contributed by atoms with E-state index in [0.717, 1.165) is 6.42 Å². The average molecular weight is 225 g/mol. The molecule has 16 heavy (non-hydrogen) atoms. The van der Waals surface area contributed by atoms with E-state index in [9.17, 15) is 20.2 Å². The van der Waals surface area contributed by atoms with Crippen LogP contribution < -0.4 is 0 Å². The zero-order chi connectivity index (χ0) is 12.1. The number of hydrogen-bond acceptors (Lipinski definition) is 5. The topological polar surface area (TPSA) is 110 Å². The largest absolute Gasteiger partial charge is 0.264 e. The van der Waals surface area contributed by atoms with Gasteiger partial charge in [0.25, 0.3) is 0 Å². The summed E-state index contributed by atoms with van der Waals surface area (Å²) in [6.45, 7) is -0.552. The molecule has 0 N–H and O–H groups in total. The van der Waals surface area contributed by atoms with E-state index >= 15 is 0 Å². The monoisotopic (exact) mass is 225 g/mol. The highest BCUT2D eigenvalue weighted by molar-refractivity contribution is 5.20. The van der Waals surface area contributed by atoms with E-state index in [1.165, 1.54) is 0 Å². The molecular formula is C9H11N3O4. The first-order chi connectivity index (χ1) is 7.56. The Kier molecular flexibility index (Phi) is 3.94. The number of nitro groups is 2. The van der Waals surface area contributed by atoms with Crippen molar-refractivity contribution in [2.75, 3.05) is 6.54 Å². The van der Waals surface area contributed by atoms with Gasteiger partial charge in [0.1, 0.15) is 5.92 Å². The SMILES string of the molecule is N#CC(C[N+](=O)[O-])C1=C([N+](=O)[O-])CCCC1. The molecule has 0 fully saturated rings. The summed E-state index contributed by atoms with van der Waals surface area (Å²) in [5, 5.41) is 29.9. The third-order valence-electron chi connectivity index (χ3n) is 2.61. The Morgan fingerprint density at radius 3 is 2.44 bits per heavy atom. The summed E-state index contributed by atoms with van der Waals surface area (Å²) >= 11 is 0. The Morgan fingerprint density at radius 2 is 1.94 bits per heavy atom. The van der Waals surface area contributed by atoms with Crippen molar-refractivity contribution in [2.45, 2.75) is 25.7 Å². The second-order valence-corrected chi connectivity index (χ2v) is 3.63. The maximum Gasteiger partial charge on any atom is 0.247 e. The van der Waals surface area contributed by atoms with Crippen molar-refractivity contribution >= 4 is 0 Å². The summed E-state index contributed by atoms with van der Waals surface area (Å²) in [4.78, 5) is 20.0. The highest BCUT2D eigenvalue weighted by atomic mass is 16.6. The Bertz CT molecular complexity index is 383. The van der Waals surface area contributed by atoms with Crippen LogP contribution in [0.5, 0.6) is 0 Å². The fraction of sp³-hybridized carbons (Fsp3) is 0.667. The second-order valence-electron chi connectivity index (χ2n) is 3.63. The van der Waals surface area contributed by atoms with Gasteiger partial charge in [0.15, 0.2) is 0 Å². The highest BCUT2D eigenvalue weighted by Gasteiger charge is 2.30. The Balaban J connectivity index is 3.00. The molecule has 1 atom stereocenters. The molecular weight excluding hydrogens is 214 g/mol. The lowest BCUT2D eigenvalue weighted by Crippen LogP contribution is -2.20. The van der Waals surface area contributed by atoms with E-state index in [-0.39, 0.29) is 5.70 Å². The van der Waals surface area contributed by atoms with Gasteiger partial charge in [0.05, 0.1) is 11.0 Å². The Labute approximate surface area is 91.7 Å². The maximum atomic E-state index is 10.7. The summed E-state index contributed by atoms with van der Waals surface area (Å²) in [5.74, 6) is -0.962. The minimum atomic E-state index is -0.962. The van der Waals surface area contributed by atoms with Crippen LogP contribution in [0.15, 0.2) is 11.3 Å². The van der Waals surface area contributed by atoms with Crippen molar-refractivity contribution < 1.29 is 9.85 Å². The first-order valence-corrected chi connectivity index (χ1v) is 4.94. The number of nitrogens with zero attached hydrogens (tertiary/aromatic N) is 3. The summed E-state index contributed by atoms with van der Waals surface area (Å²) in [6, 6.07) is 1.78. The van der Waals surface area contributed by atoms with Crippen LogP contribution in [-0.4, -0.2) is 16.4 Å². The number of rotatable bonds is 4. The molecule has 0 amide bonds. The summed E-state index contributed by atoms with van der Waals surface area (Å²) < 4.78 is 0. The quantitative estimate of drug-likeness (QED) is 0.531. The van der Waals surface area contributed by atoms with Crippen LogP contribution >= 0.6 is 0 Å². The van der Waals surface area contributed by atoms with Crippen LogP contribution in [0.1, 0.15) is 25.7 Å². The average Bonchev–Trinajstić information content (AvgIpc) is 2.25. The van der Waals surface area contributed by atoms with Crippen LogP contribution in [-0.2, 0) is 0 Å². The molecule has 0 spiro atoms. The summed E-state index contributed by atoms with van der Waals surface area (Å²) in [5.41, 5.74) is 0.343. The fourth-order valence-electron chi connectivity index (χ4n) is 1.87. The van der Waals surface area contributed by atoms with Crippen molar-refractivity contribution in [3.63, 3.8) is 0 Å². The van der Waals surface area contributed by atoms with Gasteiger partial charge in [-0.05, 0) is 19.3 Å². The molecule has 0 aromatic carbocycles. The van der Waals surface area contributed by atoms with Crippen LogP contribution in [0.3, 0.4) is 0 Å². The predicted octanol–water partition coefficient (Wildman–Crippen LogP) is 1.51. The lowest BCUT2D eigenvalue weighted by atomic mass is 9.88. The third-order valence-corrected chi connectivity index (χ3v) is 2.61. The van der Waals surface area contributed by atoms with Crippen molar-refractivity contribution in [2.24, 2.45) is 5.92 Å². The zero-order valence-electron chi connectivity index (χ0n) is 8.59. The van der Waals surface area contributed by atoms with Crippen LogP contribution in [0.2, 0.25) is 0 Å². The van der Waals surface area contributed by atoms with Gasteiger partial charge in [-0.2, -0.15) is 5.26 Å². The first kappa shape index (κ1) is 12.1. The fourth-order valence-corrected chi connectivity index (χ4v) is 1.87.